The molecule has 1 aliphatic heterocycles. The van der Waals surface area contributed by atoms with E-state index in [2.05, 4.69) is 31.6 Å². The molecule has 0 fully saturated rings. The highest BCUT2D eigenvalue weighted by atomic mass is 15.4. The van der Waals surface area contributed by atoms with E-state index in [1.54, 1.807) is 0 Å². The Balaban J connectivity index is 0.000000371. The lowest BCUT2D eigenvalue weighted by molar-refractivity contribution is 0.598. The zero-order valence-electron chi connectivity index (χ0n) is 7.58. The van der Waals surface area contributed by atoms with Crippen molar-refractivity contribution >= 4 is 0 Å². The van der Waals surface area contributed by atoms with E-state index in [4.69, 9.17) is 0 Å². The van der Waals surface area contributed by atoms with Crippen molar-refractivity contribution in [3.05, 3.63) is 11.3 Å². The van der Waals surface area contributed by atoms with Crippen LogP contribution in [-0.2, 0) is 0 Å². The second-order valence-electron chi connectivity index (χ2n) is 2.30. The molecule has 2 nitrogen and oxygen atoms in total. The molecule has 2 heteroatoms. The van der Waals surface area contributed by atoms with Crippen LogP contribution in [0.25, 0.3) is 0 Å². The number of hydrogen-bond donors (Lipinski definition) is 2. The van der Waals surface area contributed by atoms with Gasteiger partial charge in [0.2, 0.25) is 0 Å². The van der Waals surface area contributed by atoms with E-state index in [-0.39, 0.29) is 0 Å². The molecule has 1 unspecified atom stereocenters. The van der Waals surface area contributed by atoms with Gasteiger partial charge >= 0.3 is 0 Å². The van der Waals surface area contributed by atoms with Crippen molar-refractivity contribution in [2.75, 3.05) is 0 Å². The van der Waals surface area contributed by atoms with Crippen molar-refractivity contribution in [2.24, 2.45) is 0 Å². The highest BCUT2D eigenvalue weighted by molar-refractivity contribution is 5.17. The monoisotopic (exact) mass is 142 g/mol. The molecule has 0 aromatic heterocycles. The molecule has 1 rings (SSSR count). The van der Waals surface area contributed by atoms with Crippen molar-refractivity contribution in [2.45, 2.75) is 40.7 Å². The Kier molecular flexibility index (Phi) is 4.12. The zero-order valence-corrected chi connectivity index (χ0v) is 7.58. The molecule has 2 N–H and O–H groups in total. The van der Waals surface area contributed by atoms with Gasteiger partial charge in [-0.25, -0.2) is 5.43 Å². The molecular formula is C8H18N2. The van der Waals surface area contributed by atoms with Gasteiger partial charge in [0, 0.05) is 11.7 Å². The van der Waals surface area contributed by atoms with Crippen LogP contribution in [0, 0.1) is 0 Å². The third-order valence-electron chi connectivity index (χ3n) is 1.72. The summed E-state index contributed by atoms with van der Waals surface area (Å²) >= 11 is 0. The summed E-state index contributed by atoms with van der Waals surface area (Å²) in [5, 5.41) is 0. The minimum atomic E-state index is 0.509. The first-order valence-corrected chi connectivity index (χ1v) is 3.90. The van der Waals surface area contributed by atoms with Gasteiger partial charge in [0.05, 0.1) is 0 Å². The molecular weight excluding hydrogens is 124 g/mol. The summed E-state index contributed by atoms with van der Waals surface area (Å²) in [7, 11) is 0. The third-order valence-corrected chi connectivity index (χ3v) is 1.72. The van der Waals surface area contributed by atoms with E-state index in [0.29, 0.717) is 6.04 Å². The highest BCUT2D eigenvalue weighted by Gasteiger charge is 2.11. The van der Waals surface area contributed by atoms with Gasteiger partial charge in [-0.05, 0) is 26.3 Å². The normalized spacial score (nSPS) is 23.5. The first-order chi connectivity index (χ1) is 4.72. The largest absolute Gasteiger partial charge is 0.325 e. The maximum Gasteiger partial charge on any atom is 0.0458 e. The van der Waals surface area contributed by atoms with Gasteiger partial charge in [-0.2, -0.15) is 0 Å². The second-order valence-corrected chi connectivity index (χ2v) is 2.30. The molecule has 0 radical (unpaired) electrons. The molecule has 1 atom stereocenters. The summed E-state index contributed by atoms with van der Waals surface area (Å²) in [6.07, 6.45) is 0. The van der Waals surface area contributed by atoms with Gasteiger partial charge in [-0.15, -0.1) is 0 Å². The first-order valence-electron chi connectivity index (χ1n) is 3.90. The van der Waals surface area contributed by atoms with E-state index in [1.807, 2.05) is 13.8 Å². The van der Waals surface area contributed by atoms with E-state index < -0.39 is 0 Å². The summed E-state index contributed by atoms with van der Waals surface area (Å²) in [6.45, 7) is 10.3. The molecule has 0 saturated heterocycles. The maximum absolute atomic E-state index is 3.09. The molecule has 0 aromatic rings. The van der Waals surface area contributed by atoms with Crippen LogP contribution in [0.1, 0.15) is 34.6 Å². The molecule has 0 aliphatic carbocycles. The SMILES string of the molecule is CC.CC1=C(C)C(C)NN1. The van der Waals surface area contributed by atoms with Crippen LogP contribution in [-0.4, -0.2) is 6.04 Å². The van der Waals surface area contributed by atoms with E-state index in [0.717, 1.165) is 0 Å². The molecule has 1 aliphatic rings. The molecule has 0 aromatic carbocycles. The third kappa shape index (κ3) is 2.03. The van der Waals surface area contributed by atoms with E-state index in [9.17, 15) is 0 Å². The Morgan fingerprint density at radius 1 is 1.20 bits per heavy atom. The standard InChI is InChI=1S/C6H12N2.C2H6/c1-4-5(2)7-8-6(4)3;1-2/h5,7-8H,1-3H3;1-2H3. The number of hydrogen-bond acceptors (Lipinski definition) is 2. The Bertz CT molecular complexity index is 127. The Morgan fingerprint density at radius 3 is 1.80 bits per heavy atom. The summed E-state index contributed by atoms with van der Waals surface area (Å²) in [5.74, 6) is 0. The van der Waals surface area contributed by atoms with Crippen molar-refractivity contribution in [1.29, 1.82) is 0 Å². The van der Waals surface area contributed by atoms with Crippen LogP contribution in [0.5, 0.6) is 0 Å². The molecule has 10 heavy (non-hydrogen) atoms. The molecule has 0 saturated carbocycles. The van der Waals surface area contributed by atoms with E-state index in [1.165, 1.54) is 11.3 Å². The fraction of sp³-hybridized carbons (Fsp3) is 0.750. The van der Waals surface area contributed by atoms with Crippen LogP contribution in [0.15, 0.2) is 11.3 Å². The van der Waals surface area contributed by atoms with Crippen LogP contribution >= 0.6 is 0 Å². The van der Waals surface area contributed by atoms with Gasteiger partial charge in [-0.1, -0.05) is 13.8 Å². The zero-order chi connectivity index (χ0) is 8.15. The molecule has 60 valence electrons. The van der Waals surface area contributed by atoms with Gasteiger partial charge < -0.3 is 5.43 Å². The second kappa shape index (κ2) is 4.34. The Labute approximate surface area is 63.7 Å². The number of nitrogens with one attached hydrogen (secondary N) is 2. The molecule has 1 heterocycles. The summed E-state index contributed by atoms with van der Waals surface area (Å²) in [5.41, 5.74) is 8.81. The van der Waals surface area contributed by atoms with Gasteiger partial charge in [0.15, 0.2) is 0 Å². The van der Waals surface area contributed by atoms with Crippen molar-refractivity contribution < 1.29 is 0 Å². The number of rotatable bonds is 0. The van der Waals surface area contributed by atoms with Crippen LogP contribution in [0.2, 0.25) is 0 Å². The lowest BCUT2D eigenvalue weighted by Crippen LogP contribution is -2.29. The minimum Gasteiger partial charge on any atom is -0.325 e. The van der Waals surface area contributed by atoms with Gasteiger partial charge in [-0.3, -0.25) is 0 Å². The van der Waals surface area contributed by atoms with Crippen LogP contribution in [0.3, 0.4) is 0 Å². The van der Waals surface area contributed by atoms with Crippen molar-refractivity contribution in [3.8, 4) is 0 Å². The van der Waals surface area contributed by atoms with E-state index >= 15 is 0 Å². The molecule has 0 amide bonds. The smallest absolute Gasteiger partial charge is 0.0458 e. The number of hydrazine groups is 1. The average molecular weight is 142 g/mol. The summed E-state index contributed by atoms with van der Waals surface area (Å²) in [6, 6.07) is 0.509. The minimum absolute atomic E-state index is 0.509. The first kappa shape index (κ1) is 9.50. The Hall–Kier alpha value is -0.500. The maximum atomic E-state index is 3.09. The lowest BCUT2D eigenvalue weighted by Gasteiger charge is -2.00. The predicted molar refractivity (Wildman–Crippen MR) is 45.5 cm³/mol. The van der Waals surface area contributed by atoms with Gasteiger partial charge in [0.25, 0.3) is 0 Å². The predicted octanol–water partition coefficient (Wildman–Crippen LogP) is 1.80. The topological polar surface area (TPSA) is 24.1 Å². The Morgan fingerprint density at radius 2 is 1.70 bits per heavy atom. The van der Waals surface area contributed by atoms with Gasteiger partial charge in [0.1, 0.15) is 0 Å². The average Bonchev–Trinajstić information content (AvgIpc) is 2.25. The summed E-state index contributed by atoms with van der Waals surface area (Å²) < 4.78 is 0. The fourth-order valence-corrected chi connectivity index (χ4v) is 0.748. The fourth-order valence-electron chi connectivity index (χ4n) is 0.748. The number of allylic oxidation sites excluding steroid dienone is 1. The van der Waals surface area contributed by atoms with Crippen LogP contribution < -0.4 is 10.9 Å². The molecule has 0 spiro atoms. The van der Waals surface area contributed by atoms with Crippen molar-refractivity contribution in [1.82, 2.24) is 10.9 Å². The quantitative estimate of drug-likeness (QED) is 0.539. The highest BCUT2D eigenvalue weighted by Crippen LogP contribution is 2.09. The molecule has 0 bridgehead atoms. The van der Waals surface area contributed by atoms with Crippen LogP contribution in [0.4, 0.5) is 0 Å². The summed E-state index contributed by atoms with van der Waals surface area (Å²) in [4.78, 5) is 0. The lowest BCUT2D eigenvalue weighted by atomic mass is 10.1. The van der Waals surface area contributed by atoms with Crippen molar-refractivity contribution in [3.63, 3.8) is 0 Å².